The van der Waals surface area contributed by atoms with E-state index in [4.69, 9.17) is 4.74 Å². The van der Waals surface area contributed by atoms with Crippen molar-refractivity contribution >= 4 is 5.91 Å². The molecule has 16 heavy (non-hydrogen) atoms. The molecule has 1 aliphatic heterocycles. The smallest absolute Gasteiger partial charge is 0.222 e. The predicted molar refractivity (Wildman–Crippen MR) is 65.3 cm³/mol. The van der Waals surface area contributed by atoms with E-state index in [0.29, 0.717) is 11.8 Å². The first-order chi connectivity index (χ1) is 7.77. The number of rotatable bonds is 6. The van der Waals surface area contributed by atoms with Crippen molar-refractivity contribution in [1.29, 1.82) is 0 Å². The fourth-order valence-corrected chi connectivity index (χ4v) is 2.23. The van der Waals surface area contributed by atoms with E-state index in [0.717, 1.165) is 58.4 Å². The molecule has 0 bridgehead atoms. The molecule has 3 nitrogen and oxygen atoms in total. The van der Waals surface area contributed by atoms with Crippen LogP contribution in [0.2, 0.25) is 0 Å². The molecule has 0 radical (unpaired) electrons. The molecule has 0 unspecified atom stereocenters. The van der Waals surface area contributed by atoms with Gasteiger partial charge in [0.2, 0.25) is 5.91 Å². The molecule has 0 aromatic carbocycles. The Hall–Kier alpha value is -0.570. The van der Waals surface area contributed by atoms with Gasteiger partial charge in [-0.25, -0.2) is 0 Å². The summed E-state index contributed by atoms with van der Waals surface area (Å²) in [6.07, 6.45) is 4.94. The van der Waals surface area contributed by atoms with Crippen molar-refractivity contribution in [1.82, 2.24) is 4.90 Å². The van der Waals surface area contributed by atoms with Gasteiger partial charge in [-0.2, -0.15) is 0 Å². The Morgan fingerprint density at radius 2 is 1.75 bits per heavy atom. The standard InChI is InChI=1S/C13H25NO2/c1-3-7-14(8-4-2)13(15)11-12-5-9-16-10-6-12/h12H,3-11H2,1-2H3. The van der Waals surface area contributed by atoms with Gasteiger partial charge in [0.25, 0.3) is 0 Å². The highest BCUT2D eigenvalue weighted by Crippen LogP contribution is 2.19. The number of ether oxygens (including phenoxy) is 1. The van der Waals surface area contributed by atoms with Crippen molar-refractivity contribution in [3.63, 3.8) is 0 Å². The van der Waals surface area contributed by atoms with Crippen LogP contribution in [0.1, 0.15) is 46.0 Å². The first kappa shape index (κ1) is 13.5. The van der Waals surface area contributed by atoms with Crippen LogP contribution in [0.4, 0.5) is 0 Å². The quantitative estimate of drug-likeness (QED) is 0.697. The van der Waals surface area contributed by atoms with E-state index in [1.165, 1.54) is 0 Å². The Balaban J connectivity index is 2.34. The summed E-state index contributed by atoms with van der Waals surface area (Å²) in [5, 5.41) is 0. The minimum absolute atomic E-state index is 0.343. The number of carbonyl (C=O) groups is 1. The predicted octanol–water partition coefficient (Wildman–Crippen LogP) is 2.45. The van der Waals surface area contributed by atoms with Crippen molar-refractivity contribution in [2.75, 3.05) is 26.3 Å². The van der Waals surface area contributed by atoms with E-state index in [1.807, 2.05) is 4.90 Å². The molecular weight excluding hydrogens is 202 g/mol. The van der Waals surface area contributed by atoms with E-state index in [1.54, 1.807) is 0 Å². The maximum absolute atomic E-state index is 12.1. The lowest BCUT2D eigenvalue weighted by Gasteiger charge is -2.26. The SMILES string of the molecule is CCCN(CCC)C(=O)CC1CCOCC1. The Kier molecular flexibility index (Phi) is 6.46. The topological polar surface area (TPSA) is 29.5 Å². The Bertz CT molecular complexity index is 194. The van der Waals surface area contributed by atoms with E-state index in [-0.39, 0.29) is 0 Å². The van der Waals surface area contributed by atoms with E-state index >= 15 is 0 Å². The highest BCUT2D eigenvalue weighted by atomic mass is 16.5. The van der Waals surface area contributed by atoms with Gasteiger partial charge in [-0.3, -0.25) is 4.79 Å². The van der Waals surface area contributed by atoms with Crippen molar-refractivity contribution in [3.8, 4) is 0 Å². The van der Waals surface area contributed by atoms with Gasteiger partial charge < -0.3 is 9.64 Å². The van der Waals surface area contributed by atoms with Gasteiger partial charge in [-0.15, -0.1) is 0 Å². The molecule has 0 saturated carbocycles. The third-order valence-corrected chi connectivity index (χ3v) is 3.14. The molecule has 1 saturated heterocycles. The summed E-state index contributed by atoms with van der Waals surface area (Å²) in [7, 11) is 0. The number of carbonyl (C=O) groups excluding carboxylic acids is 1. The van der Waals surface area contributed by atoms with E-state index < -0.39 is 0 Å². The molecule has 0 aromatic rings. The summed E-state index contributed by atoms with van der Waals surface area (Å²) >= 11 is 0. The molecule has 0 atom stereocenters. The summed E-state index contributed by atoms with van der Waals surface area (Å²) in [4.78, 5) is 14.1. The molecule has 1 amide bonds. The zero-order valence-corrected chi connectivity index (χ0v) is 10.7. The molecule has 0 aromatic heterocycles. The van der Waals surface area contributed by atoms with Gasteiger partial charge in [-0.05, 0) is 31.6 Å². The van der Waals surface area contributed by atoms with Crippen molar-refractivity contribution in [2.45, 2.75) is 46.0 Å². The number of hydrogen-bond acceptors (Lipinski definition) is 2. The van der Waals surface area contributed by atoms with Gasteiger partial charge in [0, 0.05) is 32.7 Å². The molecule has 1 aliphatic rings. The first-order valence-electron chi connectivity index (χ1n) is 6.63. The highest BCUT2D eigenvalue weighted by Gasteiger charge is 2.20. The zero-order chi connectivity index (χ0) is 11.8. The Morgan fingerprint density at radius 1 is 1.19 bits per heavy atom. The third kappa shape index (κ3) is 4.52. The maximum Gasteiger partial charge on any atom is 0.222 e. The van der Waals surface area contributed by atoms with Gasteiger partial charge in [0.1, 0.15) is 0 Å². The molecule has 1 fully saturated rings. The minimum atomic E-state index is 0.343. The molecule has 0 aliphatic carbocycles. The fraction of sp³-hybridized carbons (Fsp3) is 0.923. The van der Waals surface area contributed by atoms with Crippen LogP contribution in [-0.4, -0.2) is 37.1 Å². The lowest BCUT2D eigenvalue weighted by Crippen LogP contribution is -2.34. The van der Waals surface area contributed by atoms with Crippen LogP contribution in [0.5, 0.6) is 0 Å². The van der Waals surface area contributed by atoms with Gasteiger partial charge >= 0.3 is 0 Å². The summed E-state index contributed by atoms with van der Waals surface area (Å²) in [6, 6.07) is 0. The number of nitrogens with zero attached hydrogens (tertiary/aromatic N) is 1. The molecule has 94 valence electrons. The van der Waals surface area contributed by atoms with Crippen LogP contribution in [0.3, 0.4) is 0 Å². The van der Waals surface area contributed by atoms with Crippen LogP contribution in [-0.2, 0) is 9.53 Å². The molecule has 0 spiro atoms. The van der Waals surface area contributed by atoms with Gasteiger partial charge in [0.15, 0.2) is 0 Å². The van der Waals surface area contributed by atoms with Crippen molar-refractivity contribution < 1.29 is 9.53 Å². The fourth-order valence-electron chi connectivity index (χ4n) is 2.23. The zero-order valence-electron chi connectivity index (χ0n) is 10.7. The monoisotopic (exact) mass is 227 g/mol. The van der Waals surface area contributed by atoms with Crippen LogP contribution >= 0.6 is 0 Å². The number of amides is 1. The second-order valence-corrected chi connectivity index (χ2v) is 4.64. The largest absolute Gasteiger partial charge is 0.381 e. The van der Waals surface area contributed by atoms with Crippen molar-refractivity contribution in [2.24, 2.45) is 5.92 Å². The minimum Gasteiger partial charge on any atom is -0.381 e. The van der Waals surface area contributed by atoms with Crippen LogP contribution < -0.4 is 0 Å². The van der Waals surface area contributed by atoms with Crippen LogP contribution in [0, 0.1) is 5.92 Å². The van der Waals surface area contributed by atoms with E-state index in [2.05, 4.69) is 13.8 Å². The maximum atomic E-state index is 12.1. The lowest BCUT2D eigenvalue weighted by atomic mass is 9.96. The average molecular weight is 227 g/mol. The molecule has 1 heterocycles. The summed E-state index contributed by atoms with van der Waals surface area (Å²) in [5.74, 6) is 0.896. The van der Waals surface area contributed by atoms with E-state index in [9.17, 15) is 4.79 Å². The normalized spacial score (nSPS) is 17.4. The highest BCUT2D eigenvalue weighted by molar-refractivity contribution is 5.76. The Labute approximate surface area is 99.1 Å². The van der Waals surface area contributed by atoms with Crippen LogP contribution in [0.25, 0.3) is 0 Å². The van der Waals surface area contributed by atoms with Gasteiger partial charge in [0.05, 0.1) is 0 Å². The first-order valence-corrected chi connectivity index (χ1v) is 6.63. The number of hydrogen-bond donors (Lipinski definition) is 0. The summed E-state index contributed by atoms with van der Waals surface area (Å²) < 4.78 is 5.31. The lowest BCUT2D eigenvalue weighted by molar-refractivity contribution is -0.133. The molecule has 1 rings (SSSR count). The summed E-state index contributed by atoms with van der Waals surface area (Å²) in [6.45, 7) is 7.75. The summed E-state index contributed by atoms with van der Waals surface area (Å²) in [5.41, 5.74) is 0. The second kappa shape index (κ2) is 7.66. The molecular formula is C13H25NO2. The van der Waals surface area contributed by atoms with Crippen molar-refractivity contribution in [3.05, 3.63) is 0 Å². The molecule has 0 N–H and O–H groups in total. The Morgan fingerprint density at radius 3 is 2.25 bits per heavy atom. The second-order valence-electron chi connectivity index (χ2n) is 4.64. The average Bonchev–Trinajstić information content (AvgIpc) is 2.30. The van der Waals surface area contributed by atoms with Gasteiger partial charge in [-0.1, -0.05) is 13.8 Å². The van der Waals surface area contributed by atoms with Crippen LogP contribution in [0.15, 0.2) is 0 Å². The third-order valence-electron chi connectivity index (χ3n) is 3.14. The molecule has 3 heteroatoms.